The summed E-state index contributed by atoms with van der Waals surface area (Å²) in [4.78, 5) is 4.63. The molecule has 2 aliphatic heterocycles. The first-order chi connectivity index (χ1) is 14.3. The smallest absolute Gasteiger partial charge is 0.150 e. The maximum absolute atomic E-state index is 6.05. The molecule has 2 aliphatic rings. The largest absolute Gasteiger partial charge is 0.492 e. The van der Waals surface area contributed by atoms with Crippen LogP contribution in [-0.2, 0) is 4.74 Å². The molecule has 2 N–H and O–H groups in total. The lowest BCUT2D eigenvalue weighted by atomic mass is 10.0. The van der Waals surface area contributed by atoms with Crippen molar-refractivity contribution in [1.29, 1.82) is 0 Å². The van der Waals surface area contributed by atoms with Gasteiger partial charge in [-0.2, -0.15) is 5.10 Å². The molecule has 2 fully saturated rings. The maximum atomic E-state index is 6.05. The van der Waals surface area contributed by atoms with Crippen molar-refractivity contribution in [3.8, 4) is 17.1 Å². The van der Waals surface area contributed by atoms with Crippen LogP contribution in [0.1, 0.15) is 38.3 Å². The highest BCUT2D eigenvalue weighted by Gasteiger charge is 2.22. The second-order valence-corrected chi connectivity index (χ2v) is 8.87. The molecule has 158 valence electrons. The van der Waals surface area contributed by atoms with E-state index in [1.54, 1.807) is 0 Å². The molecule has 0 aliphatic carbocycles. The second-order valence-electron chi connectivity index (χ2n) is 7.69. The van der Waals surface area contributed by atoms with Crippen molar-refractivity contribution >= 4 is 11.9 Å². The quantitative estimate of drug-likeness (QED) is 0.660. The molecule has 2 atom stereocenters. The summed E-state index contributed by atoms with van der Waals surface area (Å²) in [5, 5.41) is 4.47. The van der Waals surface area contributed by atoms with Gasteiger partial charge in [-0.1, -0.05) is 11.9 Å². The van der Waals surface area contributed by atoms with E-state index in [1.165, 1.54) is 19.3 Å². The summed E-state index contributed by atoms with van der Waals surface area (Å²) in [6.45, 7) is 4.47. The third kappa shape index (κ3) is 5.51. The van der Waals surface area contributed by atoms with Crippen LogP contribution >= 0.6 is 11.9 Å². The molecule has 2 saturated heterocycles. The molecule has 0 aromatic carbocycles. The van der Waals surface area contributed by atoms with Gasteiger partial charge in [-0.25, -0.2) is 4.68 Å². The fraction of sp³-hybridized carbons (Fsp3) is 0.619. The number of nitrogens with zero attached hydrogens (tertiary/aromatic N) is 4. The van der Waals surface area contributed by atoms with E-state index >= 15 is 0 Å². The Morgan fingerprint density at radius 3 is 2.97 bits per heavy atom. The first kappa shape index (κ1) is 20.7. The van der Waals surface area contributed by atoms with Gasteiger partial charge < -0.3 is 15.2 Å². The van der Waals surface area contributed by atoms with Gasteiger partial charge in [0.05, 0.1) is 24.2 Å². The maximum Gasteiger partial charge on any atom is 0.150 e. The molecule has 4 rings (SSSR count). The van der Waals surface area contributed by atoms with Crippen LogP contribution in [0.15, 0.2) is 30.6 Å². The highest BCUT2D eigenvalue weighted by molar-refractivity contribution is 7.97. The van der Waals surface area contributed by atoms with Crippen LogP contribution in [-0.4, -0.2) is 57.7 Å². The second kappa shape index (κ2) is 10.4. The van der Waals surface area contributed by atoms with Crippen molar-refractivity contribution in [3.63, 3.8) is 0 Å². The van der Waals surface area contributed by atoms with Gasteiger partial charge >= 0.3 is 0 Å². The van der Waals surface area contributed by atoms with E-state index in [0.717, 1.165) is 68.6 Å². The zero-order chi connectivity index (χ0) is 19.9. The summed E-state index contributed by atoms with van der Waals surface area (Å²) >= 11 is 1.86. The average Bonchev–Trinajstić information content (AvgIpc) is 3.27. The summed E-state index contributed by atoms with van der Waals surface area (Å²) < 4.78 is 16.3. The topological polar surface area (TPSA) is 78.4 Å². The number of rotatable bonds is 8. The minimum absolute atomic E-state index is 0.0119. The van der Waals surface area contributed by atoms with Gasteiger partial charge in [0.25, 0.3) is 0 Å². The number of hydrogen-bond acceptors (Lipinski definition) is 7. The standard InChI is InChI=1S/C21H31N5O2S/c22-9-13-29-25-11-3-4-17(15-25)16-28-18-6-7-19(23-14-18)20-8-10-24-26(20)21-5-1-2-12-27-21/h6-8,10,14,17,21H,1-5,9,11-13,15-16,22H2/t17-,21?/m1/s1. The number of piperidine rings is 1. The summed E-state index contributed by atoms with van der Waals surface area (Å²) in [7, 11) is 0. The summed E-state index contributed by atoms with van der Waals surface area (Å²) in [6, 6.07) is 6.01. The minimum Gasteiger partial charge on any atom is -0.492 e. The average molecular weight is 418 g/mol. The Kier molecular flexibility index (Phi) is 7.43. The molecule has 0 radical (unpaired) electrons. The van der Waals surface area contributed by atoms with E-state index in [4.69, 9.17) is 15.2 Å². The lowest BCUT2D eigenvalue weighted by molar-refractivity contribution is -0.0384. The molecule has 4 heterocycles. The van der Waals surface area contributed by atoms with Crippen molar-refractivity contribution in [2.45, 2.75) is 38.3 Å². The molecule has 0 spiro atoms. The predicted molar refractivity (Wildman–Crippen MR) is 116 cm³/mol. The molecule has 29 heavy (non-hydrogen) atoms. The van der Waals surface area contributed by atoms with Gasteiger partial charge in [0.1, 0.15) is 5.75 Å². The van der Waals surface area contributed by atoms with E-state index in [1.807, 2.05) is 47.2 Å². The van der Waals surface area contributed by atoms with Crippen molar-refractivity contribution in [3.05, 3.63) is 30.6 Å². The third-order valence-electron chi connectivity index (χ3n) is 5.46. The molecular weight excluding hydrogens is 386 g/mol. The number of aromatic nitrogens is 3. The van der Waals surface area contributed by atoms with Crippen molar-refractivity contribution in [2.75, 3.05) is 38.6 Å². The van der Waals surface area contributed by atoms with Crippen molar-refractivity contribution in [1.82, 2.24) is 19.1 Å². The van der Waals surface area contributed by atoms with Crippen LogP contribution in [0.3, 0.4) is 0 Å². The fourth-order valence-corrected chi connectivity index (χ4v) is 4.89. The molecule has 2 aromatic rings. The minimum atomic E-state index is 0.0119. The Bertz CT molecular complexity index is 748. The molecule has 7 nitrogen and oxygen atoms in total. The van der Waals surface area contributed by atoms with Crippen LogP contribution < -0.4 is 10.5 Å². The first-order valence-electron chi connectivity index (χ1n) is 10.7. The highest BCUT2D eigenvalue weighted by Crippen LogP contribution is 2.28. The lowest BCUT2D eigenvalue weighted by Gasteiger charge is -2.31. The van der Waals surface area contributed by atoms with Gasteiger partial charge in [0.2, 0.25) is 0 Å². The lowest BCUT2D eigenvalue weighted by Crippen LogP contribution is -2.34. The van der Waals surface area contributed by atoms with Crippen molar-refractivity contribution < 1.29 is 9.47 Å². The van der Waals surface area contributed by atoms with E-state index in [2.05, 4.69) is 14.4 Å². The normalized spacial score (nSPS) is 23.2. The van der Waals surface area contributed by atoms with Gasteiger partial charge in [-0.15, -0.1) is 0 Å². The van der Waals surface area contributed by atoms with E-state index in [-0.39, 0.29) is 6.23 Å². The Morgan fingerprint density at radius 2 is 2.17 bits per heavy atom. The van der Waals surface area contributed by atoms with Gasteiger partial charge in [0.15, 0.2) is 6.23 Å². The molecule has 8 heteroatoms. The third-order valence-corrected chi connectivity index (χ3v) is 6.57. The van der Waals surface area contributed by atoms with E-state index in [9.17, 15) is 0 Å². The zero-order valence-electron chi connectivity index (χ0n) is 16.9. The van der Waals surface area contributed by atoms with Crippen LogP contribution in [0.4, 0.5) is 0 Å². The number of nitrogens with two attached hydrogens (primary N) is 1. The molecule has 0 saturated carbocycles. The molecular formula is C21H31N5O2S. The molecule has 1 unspecified atom stereocenters. The van der Waals surface area contributed by atoms with Crippen molar-refractivity contribution in [2.24, 2.45) is 11.7 Å². The summed E-state index contributed by atoms with van der Waals surface area (Å²) in [5.41, 5.74) is 7.51. The Labute approximate surface area is 177 Å². The molecule has 0 bridgehead atoms. The molecule has 0 amide bonds. The van der Waals surface area contributed by atoms with Gasteiger partial charge in [0, 0.05) is 44.1 Å². The van der Waals surface area contributed by atoms with Gasteiger partial charge in [-0.3, -0.25) is 9.29 Å². The SMILES string of the molecule is NCCSN1CCC[C@@H](COc2ccc(-c3ccnn3C3CCCCO3)nc2)C1. The Hall–Kier alpha value is -1.61. The predicted octanol–water partition coefficient (Wildman–Crippen LogP) is 3.34. The number of pyridine rings is 1. The first-order valence-corrected chi connectivity index (χ1v) is 11.6. The van der Waals surface area contributed by atoms with Crippen LogP contribution in [0, 0.1) is 5.92 Å². The number of ether oxygens (including phenoxy) is 2. The monoisotopic (exact) mass is 417 g/mol. The van der Waals surface area contributed by atoms with E-state index in [0.29, 0.717) is 5.92 Å². The Balaban J connectivity index is 1.32. The van der Waals surface area contributed by atoms with Gasteiger partial charge in [-0.05, 0) is 50.3 Å². The number of hydrogen-bond donors (Lipinski definition) is 1. The van der Waals surface area contributed by atoms with Crippen LogP contribution in [0.5, 0.6) is 5.75 Å². The van der Waals surface area contributed by atoms with Crippen LogP contribution in [0.2, 0.25) is 0 Å². The molecule has 2 aromatic heterocycles. The van der Waals surface area contributed by atoms with Crippen LogP contribution in [0.25, 0.3) is 11.4 Å². The summed E-state index contributed by atoms with van der Waals surface area (Å²) in [6.07, 6.45) is 9.38. The summed E-state index contributed by atoms with van der Waals surface area (Å²) in [5.74, 6) is 2.36. The van der Waals surface area contributed by atoms with E-state index < -0.39 is 0 Å². The zero-order valence-corrected chi connectivity index (χ0v) is 17.7. The highest BCUT2D eigenvalue weighted by atomic mass is 32.2. The fourth-order valence-electron chi connectivity index (χ4n) is 3.96. The Morgan fingerprint density at radius 1 is 1.21 bits per heavy atom.